The first kappa shape index (κ1) is 24.2. The Bertz CT molecular complexity index is 1160. The molecule has 0 unspecified atom stereocenters. The Kier molecular flexibility index (Phi) is 7.30. The quantitative estimate of drug-likeness (QED) is 0.383. The van der Waals surface area contributed by atoms with Gasteiger partial charge in [0, 0.05) is 38.6 Å². The first-order valence-electron chi connectivity index (χ1n) is 10.9. The van der Waals surface area contributed by atoms with Crippen molar-refractivity contribution in [2.45, 2.75) is 6.18 Å². The molecule has 2 N–H and O–H groups in total. The Morgan fingerprint density at radius 1 is 1.00 bits per heavy atom. The summed E-state index contributed by atoms with van der Waals surface area (Å²) in [7, 11) is 3.92. The van der Waals surface area contributed by atoms with Gasteiger partial charge in [-0.1, -0.05) is 18.2 Å². The number of morpholine rings is 1. The van der Waals surface area contributed by atoms with Crippen molar-refractivity contribution in [2.24, 2.45) is 5.10 Å². The molecule has 2 heterocycles. The Hall–Kier alpha value is -3.93. The largest absolute Gasteiger partial charge is 0.416 e. The third-order valence-electron chi connectivity index (χ3n) is 5.15. The number of halogens is 3. The Morgan fingerprint density at radius 3 is 2.40 bits per heavy atom. The molecule has 9 nitrogen and oxygen atoms in total. The molecule has 1 fully saturated rings. The zero-order valence-electron chi connectivity index (χ0n) is 19.3. The van der Waals surface area contributed by atoms with E-state index in [1.165, 1.54) is 12.1 Å². The van der Waals surface area contributed by atoms with Crippen LogP contribution in [0.3, 0.4) is 0 Å². The number of ether oxygens (including phenoxy) is 1. The first-order valence-corrected chi connectivity index (χ1v) is 10.9. The van der Waals surface area contributed by atoms with Crippen molar-refractivity contribution >= 4 is 35.4 Å². The van der Waals surface area contributed by atoms with Crippen molar-refractivity contribution in [1.82, 2.24) is 15.0 Å². The van der Waals surface area contributed by atoms with Gasteiger partial charge in [0.05, 0.1) is 25.0 Å². The molecule has 1 aliphatic rings. The van der Waals surface area contributed by atoms with E-state index in [1.807, 2.05) is 48.2 Å². The molecule has 12 heteroatoms. The van der Waals surface area contributed by atoms with E-state index < -0.39 is 11.7 Å². The van der Waals surface area contributed by atoms with Crippen LogP contribution in [-0.4, -0.2) is 61.6 Å². The highest BCUT2D eigenvalue weighted by Crippen LogP contribution is 2.31. The summed E-state index contributed by atoms with van der Waals surface area (Å²) >= 11 is 0. The van der Waals surface area contributed by atoms with Crippen LogP contribution in [0.4, 0.5) is 42.4 Å². The average molecular weight is 487 g/mol. The number of nitrogens with one attached hydrogen (secondary N) is 2. The number of hydrogen-bond donors (Lipinski definition) is 2. The van der Waals surface area contributed by atoms with Crippen LogP contribution in [0.15, 0.2) is 53.6 Å². The van der Waals surface area contributed by atoms with E-state index in [0.717, 1.165) is 23.4 Å². The summed E-state index contributed by atoms with van der Waals surface area (Å²) in [6.45, 7) is 2.19. The van der Waals surface area contributed by atoms with E-state index in [4.69, 9.17) is 4.74 Å². The highest BCUT2D eigenvalue weighted by molar-refractivity contribution is 5.80. The van der Waals surface area contributed by atoms with Gasteiger partial charge in [0.1, 0.15) is 0 Å². The number of alkyl halides is 3. The minimum Gasteiger partial charge on any atom is -0.378 e. The van der Waals surface area contributed by atoms with Crippen LogP contribution in [0, 0.1) is 0 Å². The molecule has 184 valence electrons. The normalized spacial score (nSPS) is 14.3. The molecule has 3 aromatic rings. The number of anilines is 5. The maximum absolute atomic E-state index is 13.1. The highest BCUT2D eigenvalue weighted by atomic mass is 19.4. The van der Waals surface area contributed by atoms with Crippen molar-refractivity contribution in [3.05, 3.63) is 59.7 Å². The van der Waals surface area contributed by atoms with E-state index in [1.54, 1.807) is 6.21 Å². The molecule has 0 saturated carbocycles. The van der Waals surface area contributed by atoms with E-state index in [2.05, 4.69) is 30.8 Å². The van der Waals surface area contributed by atoms with Gasteiger partial charge >= 0.3 is 6.18 Å². The summed E-state index contributed by atoms with van der Waals surface area (Å²) in [6.07, 6.45) is -2.83. The molecule has 0 radical (unpaired) electrons. The maximum atomic E-state index is 13.1. The predicted octanol–water partition coefficient (Wildman–Crippen LogP) is 3.98. The molecule has 0 aliphatic carbocycles. The van der Waals surface area contributed by atoms with E-state index >= 15 is 0 Å². The van der Waals surface area contributed by atoms with Crippen LogP contribution in [-0.2, 0) is 10.9 Å². The van der Waals surface area contributed by atoms with Gasteiger partial charge in [0.2, 0.25) is 17.8 Å². The van der Waals surface area contributed by atoms with Crippen LogP contribution in [0.25, 0.3) is 0 Å². The summed E-state index contributed by atoms with van der Waals surface area (Å²) in [5, 5.41) is 7.05. The van der Waals surface area contributed by atoms with Crippen molar-refractivity contribution in [3.8, 4) is 0 Å². The Morgan fingerprint density at radius 2 is 1.71 bits per heavy atom. The molecule has 1 aliphatic heterocycles. The molecule has 0 bridgehead atoms. The monoisotopic (exact) mass is 486 g/mol. The van der Waals surface area contributed by atoms with Crippen LogP contribution in [0.5, 0.6) is 0 Å². The summed E-state index contributed by atoms with van der Waals surface area (Å²) in [4.78, 5) is 17.0. The van der Waals surface area contributed by atoms with E-state index in [-0.39, 0.29) is 17.6 Å². The fourth-order valence-electron chi connectivity index (χ4n) is 3.30. The fourth-order valence-corrected chi connectivity index (χ4v) is 3.30. The summed E-state index contributed by atoms with van der Waals surface area (Å²) in [6, 6.07) is 12.6. The lowest BCUT2D eigenvalue weighted by Crippen LogP contribution is -2.37. The van der Waals surface area contributed by atoms with Gasteiger partial charge in [-0.3, -0.25) is 0 Å². The number of aromatic nitrogens is 3. The fraction of sp³-hybridized carbons (Fsp3) is 0.304. The van der Waals surface area contributed by atoms with Gasteiger partial charge in [0.15, 0.2) is 0 Å². The molecule has 4 rings (SSSR count). The molecular weight excluding hydrogens is 461 g/mol. The van der Waals surface area contributed by atoms with Crippen molar-refractivity contribution in [3.63, 3.8) is 0 Å². The molecule has 0 spiro atoms. The zero-order valence-corrected chi connectivity index (χ0v) is 19.3. The topological polar surface area (TPSA) is 90.8 Å². The number of hydrazone groups is 1. The van der Waals surface area contributed by atoms with Gasteiger partial charge in [-0.15, -0.1) is 0 Å². The van der Waals surface area contributed by atoms with Crippen LogP contribution < -0.4 is 20.5 Å². The molecule has 1 aromatic heterocycles. The third-order valence-corrected chi connectivity index (χ3v) is 5.15. The molecular formula is C23H25F3N8O. The second-order valence-corrected chi connectivity index (χ2v) is 7.94. The van der Waals surface area contributed by atoms with Gasteiger partial charge < -0.3 is 19.9 Å². The molecule has 1 saturated heterocycles. The number of hydrogen-bond acceptors (Lipinski definition) is 9. The van der Waals surface area contributed by atoms with Crippen LogP contribution in [0.1, 0.15) is 11.1 Å². The maximum Gasteiger partial charge on any atom is 0.416 e. The number of benzene rings is 2. The van der Waals surface area contributed by atoms with Crippen molar-refractivity contribution < 1.29 is 17.9 Å². The van der Waals surface area contributed by atoms with Crippen molar-refractivity contribution in [1.29, 1.82) is 0 Å². The van der Waals surface area contributed by atoms with Crippen LogP contribution in [0.2, 0.25) is 0 Å². The second-order valence-electron chi connectivity index (χ2n) is 7.94. The molecule has 0 atom stereocenters. The van der Waals surface area contributed by atoms with Crippen LogP contribution >= 0.6 is 0 Å². The van der Waals surface area contributed by atoms with Crippen molar-refractivity contribution in [2.75, 3.05) is 60.9 Å². The van der Waals surface area contributed by atoms with E-state index in [9.17, 15) is 13.2 Å². The molecule has 35 heavy (non-hydrogen) atoms. The Balaban J connectivity index is 1.56. The third kappa shape index (κ3) is 6.57. The lowest BCUT2D eigenvalue weighted by molar-refractivity contribution is -0.137. The SMILES string of the molecule is CN(C)c1ccc(/C=N/Nc2nc(Nc3cccc(C(F)(F)F)c3)nc(N3CCOCC3)n2)cc1. The van der Waals surface area contributed by atoms with Gasteiger partial charge in [-0.25, -0.2) is 5.43 Å². The lowest BCUT2D eigenvalue weighted by Gasteiger charge is -2.27. The standard InChI is InChI=1S/C23H25F3N8O/c1-33(2)19-8-6-16(7-9-19)15-27-32-21-29-20(30-22(31-21)34-10-12-35-13-11-34)28-18-5-3-4-17(14-18)23(24,25)26/h3-9,14-15H,10-13H2,1-2H3,(H2,28,29,30,31,32)/b27-15+. The van der Waals surface area contributed by atoms with E-state index in [0.29, 0.717) is 32.3 Å². The number of rotatable bonds is 7. The molecule has 2 aromatic carbocycles. The second kappa shape index (κ2) is 10.6. The minimum absolute atomic E-state index is 0.0915. The Labute approximate surface area is 200 Å². The zero-order chi connectivity index (χ0) is 24.8. The summed E-state index contributed by atoms with van der Waals surface area (Å²) in [5.74, 6) is 0.608. The molecule has 0 amide bonds. The summed E-state index contributed by atoms with van der Waals surface area (Å²) in [5.41, 5.74) is 4.16. The lowest BCUT2D eigenvalue weighted by atomic mass is 10.2. The van der Waals surface area contributed by atoms with Gasteiger partial charge in [-0.05, 0) is 35.9 Å². The predicted molar refractivity (Wildman–Crippen MR) is 130 cm³/mol. The number of nitrogens with zero attached hydrogens (tertiary/aromatic N) is 6. The highest BCUT2D eigenvalue weighted by Gasteiger charge is 2.30. The minimum atomic E-state index is -4.46. The van der Waals surface area contributed by atoms with Gasteiger partial charge in [0.25, 0.3) is 0 Å². The summed E-state index contributed by atoms with van der Waals surface area (Å²) < 4.78 is 44.7. The van der Waals surface area contributed by atoms with Gasteiger partial charge in [-0.2, -0.15) is 33.2 Å². The average Bonchev–Trinajstić information content (AvgIpc) is 2.84. The first-order chi connectivity index (χ1) is 16.8. The smallest absolute Gasteiger partial charge is 0.378 e.